The first-order valence-corrected chi connectivity index (χ1v) is 8.51. The third kappa shape index (κ3) is 4.12. The van der Waals surface area contributed by atoms with Crippen molar-refractivity contribution < 1.29 is 14.6 Å². The van der Waals surface area contributed by atoms with Crippen LogP contribution < -0.4 is 4.74 Å². The second kappa shape index (κ2) is 7.43. The van der Waals surface area contributed by atoms with Gasteiger partial charge in [-0.25, -0.2) is 0 Å². The summed E-state index contributed by atoms with van der Waals surface area (Å²) in [6.45, 7) is -0.282. The highest BCUT2D eigenvalue weighted by molar-refractivity contribution is 9.10. The minimum Gasteiger partial charge on any atom is -0.493 e. The van der Waals surface area contributed by atoms with E-state index in [-0.39, 0.29) is 18.2 Å². The standard InChI is InChI=1S/C16H10BrCl2N3O3/c17-8-1-3-10(4-2-8)25-7-13(23)21-22-15-11-5-9(18)6-12(19)14(11)20-16(15)24/h1-6,20,24H,7H2. The fourth-order valence-electron chi connectivity index (χ4n) is 2.10. The van der Waals surface area contributed by atoms with Crippen LogP contribution in [-0.4, -0.2) is 22.6 Å². The molecule has 1 heterocycles. The zero-order valence-corrected chi connectivity index (χ0v) is 15.6. The lowest BCUT2D eigenvalue weighted by Crippen LogP contribution is -2.07. The molecule has 0 aliphatic carbocycles. The Morgan fingerprint density at radius 1 is 1.24 bits per heavy atom. The van der Waals surface area contributed by atoms with E-state index in [1.54, 1.807) is 30.3 Å². The van der Waals surface area contributed by atoms with Gasteiger partial charge < -0.3 is 14.8 Å². The zero-order chi connectivity index (χ0) is 18.0. The van der Waals surface area contributed by atoms with E-state index in [9.17, 15) is 9.90 Å². The van der Waals surface area contributed by atoms with Crippen molar-refractivity contribution in [2.75, 3.05) is 6.61 Å². The van der Waals surface area contributed by atoms with Crippen molar-refractivity contribution in [1.82, 2.24) is 4.98 Å². The molecule has 1 aromatic heterocycles. The first kappa shape index (κ1) is 17.7. The van der Waals surface area contributed by atoms with Crippen molar-refractivity contribution in [3.63, 3.8) is 0 Å². The Labute approximate surface area is 160 Å². The van der Waals surface area contributed by atoms with Crippen molar-refractivity contribution in [3.8, 4) is 11.6 Å². The van der Waals surface area contributed by atoms with E-state index in [0.29, 0.717) is 26.7 Å². The topological polar surface area (TPSA) is 87.0 Å². The number of rotatable bonds is 4. The molecule has 0 spiro atoms. The monoisotopic (exact) mass is 441 g/mol. The van der Waals surface area contributed by atoms with Gasteiger partial charge in [-0.1, -0.05) is 39.1 Å². The number of aromatic amines is 1. The molecule has 0 saturated heterocycles. The Kier molecular flexibility index (Phi) is 5.27. The van der Waals surface area contributed by atoms with Gasteiger partial charge in [0.05, 0.1) is 10.5 Å². The molecule has 0 atom stereocenters. The van der Waals surface area contributed by atoms with Gasteiger partial charge in [0.1, 0.15) is 5.75 Å². The van der Waals surface area contributed by atoms with E-state index in [2.05, 4.69) is 31.1 Å². The molecule has 25 heavy (non-hydrogen) atoms. The van der Waals surface area contributed by atoms with Crippen LogP contribution in [0.5, 0.6) is 11.6 Å². The Balaban J connectivity index is 1.75. The molecule has 0 radical (unpaired) electrons. The van der Waals surface area contributed by atoms with Gasteiger partial charge in [-0.15, -0.1) is 10.2 Å². The lowest BCUT2D eigenvalue weighted by Gasteiger charge is -2.02. The smallest absolute Gasteiger partial charge is 0.302 e. The molecule has 0 aliphatic heterocycles. The summed E-state index contributed by atoms with van der Waals surface area (Å²) < 4.78 is 6.21. The molecule has 128 valence electrons. The maximum atomic E-state index is 11.8. The largest absolute Gasteiger partial charge is 0.493 e. The fraction of sp³-hybridized carbons (Fsp3) is 0.0625. The highest BCUT2D eigenvalue weighted by Gasteiger charge is 2.14. The van der Waals surface area contributed by atoms with Crippen molar-refractivity contribution in [1.29, 1.82) is 0 Å². The molecule has 0 saturated carbocycles. The number of aromatic nitrogens is 1. The predicted molar refractivity (Wildman–Crippen MR) is 99.1 cm³/mol. The molecule has 2 aromatic carbocycles. The van der Waals surface area contributed by atoms with Crippen LogP contribution in [0.15, 0.2) is 51.1 Å². The van der Waals surface area contributed by atoms with Crippen molar-refractivity contribution in [2.24, 2.45) is 10.2 Å². The van der Waals surface area contributed by atoms with Gasteiger partial charge in [-0.2, -0.15) is 0 Å². The van der Waals surface area contributed by atoms with Crippen LogP contribution in [0.4, 0.5) is 5.69 Å². The number of hydrogen-bond donors (Lipinski definition) is 2. The number of hydrogen-bond acceptors (Lipinski definition) is 4. The van der Waals surface area contributed by atoms with E-state index in [1.165, 1.54) is 6.07 Å². The number of benzene rings is 2. The normalized spacial score (nSPS) is 11.3. The summed E-state index contributed by atoms with van der Waals surface area (Å²) in [7, 11) is 0. The zero-order valence-electron chi connectivity index (χ0n) is 12.5. The molecule has 3 rings (SSSR count). The second-order valence-corrected chi connectivity index (χ2v) is 6.73. The van der Waals surface area contributed by atoms with E-state index < -0.39 is 5.91 Å². The lowest BCUT2D eigenvalue weighted by molar-refractivity contribution is -0.120. The first-order chi connectivity index (χ1) is 11.9. The predicted octanol–water partition coefficient (Wildman–Crippen LogP) is 5.63. The minimum absolute atomic E-state index is 0.0800. The molecule has 3 aromatic rings. The summed E-state index contributed by atoms with van der Waals surface area (Å²) >= 11 is 15.3. The summed E-state index contributed by atoms with van der Waals surface area (Å²) in [6.07, 6.45) is 0. The van der Waals surface area contributed by atoms with Crippen LogP contribution in [0, 0.1) is 0 Å². The summed E-state index contributed by atoms with van der Waals surface area (Å²) in [5.41, 5.74) is 0.535. The quantitative estimate of drug-likeness (QED) is 0.513. The minimum atomic E-state index is -0.607. The molecule has 0 bridgehead atoms. The molecular formula is C16H10BrCl2N3O3. The highest BCUT2D eigenvalue weighted by Crippen LogP contribution is 2.40. The number of H-pyrrole nitrogens is 1. The van der Waals surface area contributed by atoms with Crippen LogP contribution in [0.25, 0.3) is 10.9 Å². The van der Waals surface area contributed by atoms with Crippen LogP contribution in [0.2, 0.25) is 10.0 Å². The van der Waals surface area contributed by atoms with E-state index in [1.807, 2.05) is 0 Å². The van der Waals surface area contributed by atoms with Crippen molar-refractivity contribution in [2.45, 2.75) is 0 Å². The number of azo groups is 1. The molecule has 2 N–H and O–H groups in total. The van der Waals surface area contributed by atoms with Gasteiger partial charge in [0, 0.05) is 14.9 Å². The van der Waals surface area contributed by atoms with Gasteiger partial charge in [0.25, 0.3) is 0 Å². The Morgan fingerprint density at radius 2 is 1.96 bits per heavy atom. The number of ether oxygens (including phenoxy) is 1. The molecule has 0 aliphatic rings. The first-order valence-electron chi connectivity index (χ1n) is 6.96. The van der Waals surface area contributed by atoms with Crippen LogP contribution >= 0.6 is 39.1 Å². The van der Waals surface area contributed by atoms with Crippen LogP contribution in [0.3, 0.4) is 0 Å². The second-order valence-electron chi connectivity index (χ2n) is 4.97. The Hall–Kier alpha value is -2.09. The number of fused-ring (bicyclic) bond motifs is 1. The third-order valence-electron chi connectivity index (χ3n) is 3.22. The Bertz CT molecular complexity index is 971. The number of halogens is 3. The van der Waals surface area contributed by atoms with E-state index in [0.717, 1.165) is 4.47 Å². The highest BCUT2D eigenvalue weighted by atomic mass is 79.9. The number of amides is 1. The van der Waals surface area contributed by atoms with E-state index in [4.69, 9.17) is 27.9 Å². The number of carbonyl (C=O) groups is 1. The van der Waals surface area contributed by atoms with Crippen LogP contribution in [0.1, 0.15) is 0 Å². The number of carbonyl (C=O) groups excluding carboxylic acids is 1. The fourth-order valence-corrected chi connectivity index (χ4v) is 2.91. The molecule has 0 fully saturated rings. The molecule has 9 heteroatoms. The van der Waals surface area contributed by atoms with Gasteiger partial charge in [0.15, 0.2) is 12.3 Å². The summed E-state index contributed by atoms with van der Waals surface area (Å²) in [4.78, 5) is 14.5. The van der Waals surface area contributed by atoms with Crippen LogP contribution in [-0.2, 0) is 4.79 Å². The number of nitrogens with one attached hydrogen (secondary N) is 1. The van der Waals surface area contributed by atoms with E-state index >= 15 is 0 Å². The van der Waals surface area contributed by atoms with Crippen molar-refractivity contribution in [3.05, 3.63) is 50.9 Å². The Morgan fingerprint density at radius 3 is 2.68 bits per heavy atom. The molecular weight excluding hydrogens is 433 g/mol. The maximum absolute atomic E-state index is 11.8. The van der Waals surface area contributed by atoms with Gasteiger partial charge in [0.2, 0.25) is 5.88 Å². The van der Waals surface area contributed by atoms with Gasteiger partial charge in [-0.05, 0) is 36.4 Å². The summed E-state index contributed by atoms with van der Waals surface area (Å²) in [5.74, 6) is -0.338. The maximum Gasteiger partial charge on any atom is 0.302 e. The SMILES string of the molecule is O=C(COc1ccc(Br)cc1)N=Nc1c(O)[nH]c2c(Cl)cc(Cl)cc12. The number of nitrogens with zero attached hydrogens (tertiary/aromatic N) is 2. The number of aromatic hydroxyl groups is 1. The van der Waals surface area contributed by atoms with Gasteiger partial charge >= 0.3 is 5.91 Å². The molecule has 6 nitrogen and oxygen atoms in total. The molecule has 1 amide bonds. The molecule has 0 unspecified atom stereocenters. The average Bonchev–Trinajstić information content (AvgIpc) is 2.88. The average molecular weight is 443 g/mol. The van der Waals surface area contributed by atoms with Gasteiger partial charge in [-0.3, -0.25) is 4.79 Å². The third-order valence-corrected chi connectivity index (χ3v) is 4.26. The summed E-state index contributed by atoms with van der Waals surface area (Å²) in [5, 5.41) is 18.4. The summed E-state index contributed by atoms with van der Waals surface area (Å²) in [6, 6.07) is 10.1. The van der Waals surface area contributed by atoms with Crippen molar-refractivity contribution >= 4 is 61.6 Å². The lowest BCUT2D eigenvalue weighted by atomic mass is 10.2.